The van der Waals surface area contributed by atoms with Crippen LogP contribution < -0.4 is 10.6 Å². The Balaban J connectivity index is 1.60. The van der Waals surface area contributed by atoms with Gasteiger partial charge in [-0.15, -0.1) is 0 Å². The van der Waals surface area contributed by atoms with E-state index in [1.165, 1.54) is 61.7 Å². The highest BCUT2D eigenvalue weighted by Crippen LogP contribution is 2.42. The van der Waals surface area contributed by atoms with Gasteiger partial charge in [0.25, 0.3) is 0 Å². The van der Waals surface area contributed by atoms with Crippen molar-refractivity contribution in [2.24, 2.45) is 11.8 Å². The molecule has 2 saturated carbocycles. The predicted octanol–water partition coefficient (Wildman–Crippen LogP) is 6.16. The van der Waals surface area contributed by atoms with Crippen LogP contribution in [0.2, 0.25) is 5.02 Å². The minimum absolute atomic E-state index is 0.202. The fraction of sp³-hybridized carbons (Fsp3) is 0.625. The van der Waals surface area contributed by atoms with Gasteiger partial charge >= 0.3 is 0 Å². The number of halogens is 1. The number of benzene rings is 1. The van der Waals surface area contributed by atoms with E-state index >= 15 is 0 Å². The summed E-state index contributed by atoms with van der Waals surface area (Å²) in [5.74, 6) is 1.54. The van der Waals surface area contributed by atoms with Crippen molar-refractivity contribution < 1.29 is 0 Å². The van der Waals surface area contributed by atoms with Gasteiger partial charge in [-0.25, -0.2) is 0 Å². The van der Waals surface area contributed by atoms with E-state index in [0.717, 1.165) is 42.0 Å². The van der Waals surface area contributed by atoms with E-state index in [2.05, 4.69) is 36.6 Å². The maximum absolute atomic E-state index is 6.30. The third-order valence-corrected chi connectivity index (χ3v) is 7.36. The molecule has 1 heterocycles. The lowest BCUT2D eigenvalue weighted by Crippen LogP contribution is -2.28. The van der Waals surface area contributed by atoms with Gasteiger partial charge in [0.1, 0.15) is 0 Å². The summed E-state index contributed by atoms with van der Waals surface area (Å²) in [6.45, 7) is 7.84. The van der Waals surface area contributed by atoms with Gasteiger partial charge in [0.05, 0.1) is 5.52 Å². The molecular formula is C24H34ClN3. The number of nitrogens with one attached hydrogen (secondary N) is 2. The molecule has 152 valence electrons. The quantitative estimate of drug-likeness (QED) is 0.585. The molecule has 2 unspecified atom stereocenters. The van der Waals surface area contributed by atoms with Crippen LogP contribution in [0.4, 0.5) is 5.69 Å². The molecule has 1 aromatic carbocycles. The standard InChI is InChI=1S/C24H34ClN3/c1-3-26-15-17-7-6-8-18(17)16-27-21-14-23(24(2)11-4-5-12-24)28-22-13-19(25)9-10-20(21)22/h9-10,13-14,17-18,26H,3-8,11-12,15-16H2,1-2H3,(H,27,28). The Labute approximate surface area is 174 Å². The van der Waals surface area contributed by atoms with Crippen LogP contribution in [0.25, 0.3) is 10.9 Å². The molecule has 4 heteroatoms. The number of pyridine rings is 1. The van der Waals surface area contributed by atoms with Crippen molar-refractivity contribution in [3.8, 4) is 0 Å². The average Bonchev–Trinajstić information content (AvgIpc) is 3.33. The van der Waals surface area contributed by atoms with E-state index in [0.29, 0.717) is 0 Å². The molecule has 0 spiro atoms. The van der Waals surface area contributed by atoms with Crippen LogP contribution in [-0.2, 0) is 5.41 Å². The van der Waals surface area contributed by atoms with Gasteiger partial charge in [-0.2, -0.15) is 0 Å². The second-order valence-electron chi connectivity index (χ2n) is 9.12. The number of aromatic nitrogens is 1. The van der Waals surface area contributed by atoms with Crippen LogP contribution in [-0.4, -0.2) is 24.6 Å². The van der Waals surface area contributed by atoms with Crippen molar-refractivity contribution in [3.63, 3.8) is 0 Å². The van der Waals surface area contributed by atoms with E-state index < -0.39 is 0 Å². The number of hydrogen-bond donors (Lipinski definition) is 2. The number of anilines is 1. The zero-order valence-corrected chi connectivity index (χ0v) is 18.1. The molecule has 0 aliphatic heterocycles. The minimum Gasteiger partial charge on any atom is -0.384 e. The molecule has 3 nitrogen and oxygen atoms in total. The van der Waals surface area contributed by atoms with Crippen LogP contribution in [0.5, 0.6) is 0 Å². The molecule has 1 aromatic heterocycles. The van der Waals surface area contributed by atoms with Crippen LogP contribution in [0.3, 0.4) is 0 Å². The van der Waals surface area contributed by atoms with Crippen molar-refractivity contribution in [1.29, 1.82) is 0 Å². The van der Waals surface area contributed by atoms with E-state index in [1.807, 2.05) is 12.1 Å². The Hall–Kier alpha value is -1.32. The lowest BCUT2D eigenvalue weighted by atomic mass is 9.84. The van der Waals surface area contributed by atoms with Crippen molar-refractivity contribution in [3.05, 3.63) is 35.0 Å². The highest BCUT2D eigenvalue weighted by molar-refractivity contribution is 6.31. The van der Waals surface area contributed by atoms with Crippen molar-refractivity contribution in [2.45, 2.75) is 64.2 Å². The lowest BCUT2D eigenvalue weighted by Gasteiger charge is -2.26. The molecule has 28 heavy (non-hydrogen) atoms. The number of nitrogens with zero attached hydrogens (tertiary/aromatic N) is 1. The Bertz CT molecular complexity index is 813. The Morgan fingerprint density at radius 2 is 1.82 bits per heavy atom. The van der Waals surface area contributed by atoms with Gasteiger partial charge in [-0.1, -0.05) is 44.7 Å². The van der Waals surface area contributed by atoms with E-state index in [4.69, 9.17) is 16.6 Å². The van der Waals surface area contributed by atoms with Crippen LogP contribution >= 0.6 is 11.6 Å². The normalized spacial score (nSPS) is 24.1. The predicted molar refractivity (Wildman–Crippen MR) is 120 cm³/mol. The zero-order chi connectivity index (χ0) is 19.6. The van der Waals surface area contributed by atoms with Gasteiger partial charge in [0.15, 0.2) is 0 Å². The summed E-state index contributed by atoms with van der Waals surface area (Å²) < 4.78 is 0. The number of fused-ring (bicyclic) bond motifs is 1. The third-order valence-electron chi connectivity index (χ3n) is 7.13. The summed E-state index contributed by atoms with van der Waals surface area (Å²) in [7, 11) is 0. The van der Waals surface area contributed by atoms with E-state index in [9.17, 15) is 0 Å². The molecule has 2 aliphatic rings. The molecule has 4 rings (SSSR count). The first-order chi connectivity index (χ1) is 13.6. The topological polar surface area (TPSA) is 37.0 Å². The summed E-state index contributed by atoms with van der Waals surface area (Å²) in [5, 5.41) is 9.33. The Morgan fingerprint density at radius 3 is 2.57 bits per heavy atom. The fourth-order valence-corrected chi connectivity index (χ4v) is 5.46. The fourth-order valence-electron chi connectivity index (χ4n) is 5.29. The van der Waals surface area contributed by atoms with Gasteiger partial charge < -0.3 is 10.6 Å². The minimum atomic E-state index is 0.202. The van der Waals surface area contributed by atoms with Crippen molar-refractivity contribution in [2.75, 3.05) is 25.0 Å². The largest absolute Gasteiger partial charge is 0.384 e. The van der Waals surface area contributed by atoms with Crippen LogP contribution in [0.15, 0.2) is 24.3 Å². The SMILES string of the molecule is CCNCC1CCCC1CNc1cc(C2(C)CCCC2)nc2cc(Cl)ccc12. The molecule has 2 N–H and O–H groups in total. The second kappa shape index (κ2) is 8.59. The van der Waals surface area contributed by atoms with Crippen LogP contribution in [0.1, 0.15) is 64.5 Å². The summed E-state index contributed by atoms with van der Waals surface area (Å²) >= 11 is 6.30. The van der Waals surface area contributed by atoms with Crippen molar-refractivity contribution >= 4 is 28.2 Å². The summed E-state index contributed by atoms with van der Waals surface area (Å²) in [6.07, 6.45) is 9.14. The summed E-state index contributed by atoms with van der Waals surface area (Å²) in [4.78, 5) is 5.05. The maximum atomic E-state index is 6.30. The highest BCUT2D eigenvalue weighted by atomic mass is 35.5. The molecule has 2 atom stereocenters. The molecule has 2 fully saturated rings. The molecule has 0 radical (unpaired) electrons. The van der Waals surface area contributed by atoms with Gasteiger partial charge in [-0.3, -0.25) is 4.98 Å². The Morgan fingerprint density at radius 1 is 1.07 bits per heavy atom. The van der Waals surface area contributed by atoms with Gasteiger partial charge in [0, 0.05) is 33.7 Å². The first kappa shape index (κ1) is 20.0. The first-order valence-electron chi connectivity index (χ1n) is 11.1. The second-order valence-corrected chi connectivity index (χ2v) is 9.56. The first-order valence-corrected chi connectivity index (χ1v) is 11.5. The third kappa shape index (κ3) is 4.16. The van der Waals surface area contributed by atoms with E-state index in [-0.39, 0.29) is 5.41 Å². The molecule has 0 saturated heterocycles. The van der Waals surface area contributed by atoms with Crippen molar-refractivity contribution in [1.82, 2.24) is 10.3 Å². The van der Waals surface area contributed by atoms with E-state index in [1.54, 1.807) is 0 Å². The van der Waals surface area contributed by atoms with Gasteiger partial charge in [-0.05, 0) is 74.9 Å². The summed E-state index contributed by atoms with van der Waals surface area (Å²) in [6, 6.07) is 8.46. The molecular weight excluding hydrogens is 366 g/mol. The smallest absolute Gasteiger partial charge is 0.0741 e. The maximum Gasteiger partial charge on any atom is 0.0741 e. The van der Waals surface area contributed by atoms with Gasteiger partial charge in [0.2, 0.25) is 0 Å². The molecule has 2 aliphatic carbocycles. The average molecular weight is 400 g/mol. The molecule has 0 amide bonds. The number of rotatable bonds is 7. The molecule has 2 aromatic rings. The highest BCUT2D eigenvalue weighted by Gasteiger charge is 2.33. The Kier molecular flexibility index (Phi) is 6.13. The monoisotopic (exact) mass is 399 g/mol. The zero-order valence-electron chi connectivity index (χ0n) is 17.4. The molecule has 0 bridgehead atoms. The van der Waals surface area contributed by atoms with Crippen LogP contribution in [0, 0.1) is 11.8 Å². The number of hydrogen-bond acceptors (Lipinski definition) is 3. The lowest BCUT2D eigenvalue weighted by molar-refractivity contribution is 0.385. The summed E-state index contributed by atoms with van der Waals surface area (Å²) in [5.41, 5.74) is 3.70.